The van der Waals surface area contributed by atoms with E-state index < -0.39 is 5.97 Å². The van der Waals surface area contributed by atoms with Gasteiger partial charge in [-0.1, -0.05) is 18.7 Å². The second-order valence-corrected chi connectivity index (χ2v) is 8.03. The molecule has 0 aliphatic carbocycles. The molecule has 0 saturated carbocycles. The van der Waals surface area contributed by atoms with Crippen LogP contribution in [0.3, 0.4) is 0 Å². The highest BCUT2D eigenvalue weighted by Gasteiger charge is 2.22. The SMILES string of the molecule is CCOC(=O)c1c(NC(=O)CSc2nc(CC)c(C)c(=O)[nH]2)sc(C)c1C. The number of thiophene rings is 1. The third-order valence-electron chi connectivity index (χ3n) is 4.02. The van der Waals surface area contributed by atoms with Crippen molar-refractivity contribution >= 4 is 40.0 Å². The van der Waals surface area contributed by atoms with E-state index in [1.54, 1.807) is 13.8 Å². The van der Waals surface area contributed by atoms with E-state index in [1.165, 1.54) is 11.3 Å². The molecule has 2 rings (SSSR count). The number of esters is 1. The number of H-pyrrole nitrogens is 1. The van der Waals surface area contributed by atoms with Crippen molar-refractivity contribution in [3.63, 3.8) is 0 Å². The van der Waals surface area contributed by atoms with Crippen molar-refractivity contribution in [1.82, 2.24) is 9.97 Å². The van der Waals surface area contributed by atoms with Crippen LogP contribution >= 0.6 is 23.1 Å². The molecule has 0 saturated heterocycles. The number of hydrogen-bond donors (Lipinski definition) is 2. The zero-order valence-corrected chi connectivity index (χ0v) is 17.7. The largest absolute Gasteiger partial charge is 0.462 e. The zero-order valence-electron chi connectivity index (χ0n) is 16.0. The van der Waals surface area contributed by atoms with Crippen LogP contribution in [0.5, 0.6) is 0 Å². The standard InChI is InChI=1S/C18H23N3O4S2/c1-6-12-10(4)15(23)21-18(19-12)26-8-13(22)20-16-14(17(24)25-7-2)9(3)11(5)27-16/h6-8H2,1-5H3,(H,20,22)(H,19,21,23). The van der Waals surface area contributed by atoms with E-state index in [0.717, 1.165) is 27.9 Å². The lowest BCUT2D eigenvalue weighted by atomic mass is 10.1. The van der Waals surface area contributed by atoms with Gasteiger partial charge < -0.3 is 15.0 Å². The van der Waals surface area contributed by atoms with Gasteiger partial charge in [0, 0.05) is 10.4 Å². The maximum atomic E-state index is 12.3. The summed E-state index contributed by atoms with van der Waals surface area (Å²) in [5, 5.41) is 3.66. The van der Waals surface area contributed by atoms with E-state index in [1.807, 2.05) is 20.8 Å². The van der Waals surface area contributed by atoms with Crippen molar-refractivity contribution in [1.29, 1.82) is 0 Å². The molecule has 2 aromatic rings. The number of nitrogens with one attached hydrogen (secondary N) is 2. The third kappa shape index (κ3) is 4.98. The summed E-state index contributed by atoms with van der Waals surface area (Å²) >= 11 is 2.49. The van der Waals surface area contributed by atoms with E-state index in [-0.39, 0.29) is 23.8 Å². The molecule has 1 amide bonds. The summed E-state index contributed by atoms with van der Waals surface area (Å²) < 4.78 is 5.09. The van der Waals surface area contributed by atoms with Gasteiger partial charge in [0.1, 0.15) is 5.00 Å². The normalized spacial score (nSPS) is 10.7. The molecule has 0 unspecified atom stereocenters. The first-order valence-corrected chi connectivity index (χ1v) is 10.4. The summed E-state index contributed by atoms with van der Waals surface area (Å²) in [6, 6.07) is 0. The van der Waals surface area contributed by atoms with Crippen molar-refractivity contribution in [3.05, 3.63) is 37.6 Å². The number of hydrogen-bond acceptors (Lipinski definition) is 7. The monoisotopic (exact) mass is 409 g/mol. The van der Waals surface area contributed by atoms with Crippen LogP contribution in [-0.2, 0) is 16.0 Å². The van der Waals surface area contributed by atoms with Gasteiger partial charge in [-0.25, -0.2) is 9.78 Å². The Morgan fingerprint density at radius 3 is 2.56 bits per heavy atom. The summed E-state index contributed by atoms with van der Waals surface area (Å²) in [7, 11) is 0. The third-order valence-corrected chi connectivity index (χ3v) is 6.02. The molecular weight excluding hydrogens is 386 g/mol. The van der Waals surface area contributed by atoms with Gasteiger partial charge in [0.2, 0.25) is 5.91 Å². The minimum Gasteiger partial charge on any atom is -0.462 e. The fraction of sp³-hybridized carbons (Fsp3) is 0.444. The van der Waals surface area contributed by atoms with E-state index >= 15 is 0 Å². The number of nitrogens with zero attached hydrogens (tertiary/aromatic N) is 1. The average Bonchev–Trinajstić information content (AvgIpc) is 2.89. The Balaban J connectivity index is 2.11. The highest BCUT2D eigenvalue weighted by Crippen LogP contribution is 2.33. The first-order valence-electron chi connectivity index (χ1n) is 8.57. The number of carbonyl (C=O) groups excluding carboxylic acids is 2. The molecule has 2 heterocycles. The van der Waals surface area contributed by atoms with Gasteiger partial charge in [-0.05, 0) is 39.7 Å². The van der Waals surface area contributed by atoms with Gasteiger partial charge in [0.15, 0.2) is 5.16 Å². The Hall–Kier alpha value is -2.13. The van der Waals surface area contributed by atoms with Crippen molar-refractivity contribution in [3.8, 4) is 0 Å². The molecule has 146 valence electrons. The van der Waals surface area contributed by atoms with Gasteiger partial charge in [-0.2, -0.15) is 0 Å². The quantitative estimate of drug-likeness (QED) is 0.414. The molecule has 0 aromatic carbocycles. The Kier molecular flexibility index (Phi) is 7.20. The Morgan fingerprint density at radius 2 is 1.93 bits per heavy atom. The number of ether oxygens (including phenoxy) is 1. The lowest BCUT2D eigenvalue weighted by Crippen LogP contribution is -2.18. The Labute approximate surface area is 165 Å². The van der Waals surface area contributed by atoms with Crippen LogP contribution in [0, 0.1) is 20.8 Å². The summed E-state index contributed by atoms with van der Waals surface area (Å²) in [4.78, 5) is 44.4. The lowest BCUT2D eigenvalue weighted by molar-refractivity contribution is -0.113. The molecule has 0 aliphatic heterocycles. The van der Waals surface area contributed by atoms with E-state index in [0.29, 0.717) is 27.7 Å². The molecule has 0 fully saturated rings. The molecule has 0 radical (unpaired) electrons. The fourth-order valence-electron chi connectivity index (χ4n) is 2.43. The van der Waals surface area contributed by atoms with E-state index in [2.05, 4.69) is 15.3 Å². The van der Waals surface area contributed by atoms with Gasteiger partial charge in [0.25, 0.3) is 5.56 Å². The van der Waals surface area contributed by atoms with Crippen LogP contribution in [0.25, 0.3) is 0 Å². The van der Waals surface area contributed by atoms with Crippen LogP contribution in [0.1, 0.15) is 45.9 Å². The molecule has 2 aromatic heterocycles. The lowest BCUT2D eigenvalue weighted by Gasteiger charge is -2.08. The molecule has 0 spiro atoms. The highest BCUT2D eigenvalue weighted by atomic mass is 32.2. The van der Waals surface area contributed by atoms with Gasteiger partial charge in [0.05, 0.1) is 23.6 Å². The summed E-state index contributed by atoms with van der Waals surface area (Å²) in [5.74, 6) is -0.666. The van der Waals surface area contributed by atoms with Crippen molar-refractivity contribution in [2.24, 2.45) is 0 Å². The second kappa shape index (κ2) is 9.18. The molecule has 0 atom stereocenters. The van der Waals surface area contributed by atoms with Crippen molar-refractivity contribution < 1.29 is 14.3 Å². The molecular formula is C18H23N3O4S2. The smallest absolute Gasteiger partial charge is 0.341 e. The summed E-state index contributed by atoms with van der Waals surface area (Å²) in [5.41, 5.74) is 2.32. The van der Waals surface area contributed by atoms with Crippen molar-refractivity contribution in [2.75, 3.05) is 17.7 Å². The Morgan fingerprint density at radius 1 is 1.22 bits per heavy atom. The predicted octanol–water partition coefficient (Wildman–Crippen LogP) is 3.23. The number of anilines is 1. The number of aryl methyl sites for hydroxylation is 2. The van der Waals surface area contributed by atoms with E-state index in [9.17, 15) is 14.4 Å². The van der Waals surface area contributed by atoms with Crippen LogP contribution in [0.15, 0.2) is 9.95 Å². The van der Waals surface area contributed by atoms with Crippen LogP contribution in [0.2, 0.25) is 0 Å². The number of amides is 1. The molecule has 0 aliphatic rings. The van der Waals surface area contributed by atoms with Crippen LogP contribution in [-0.4, -0.2) is 34.2 Å². The molecule has 0 bridgehead atoms. The number of aromatic amines is 1. The second-order valence-electron chi connectivity index (χ2n) is 5.84. The van der Waals surface area contributed by atoms with Crippen molar-refractivity contribution in [2.45, 2.75) is 46.2 Å². The number of thioether (sulfide) groups is 1. The molecule has 9 heteroatoms. The zero-order chi connectivity index (χ0) is 20.1. The number of carbonyl (C=O) groups is 2. The summed E-state index contributed by atoms with van der Waals surface area (Å²) in [6.07, 6.45) is 0.645. The van der Waals surface area contributed by atoms with Crippen LogP contribution in [0.4, 0.5) is 5.00 Å². The number of aromatic nitrogens is 2. The topological polar surface area (TPSA) is 101 Å². The molecule has 7 nitrogen and oxygen atoms in total. The van der Waals surface area contributed by atoms with Gasteiger partial charge >= 0.3 is 5.97 Å². The minimum absolute atomic E-state index is 0.0629. The van der Waals surface area contributed by atoms with E-state index in [4.69, 9.17) is 4.74 Å². The first-order chi connectivity index (χ1) is 12.8. The molecule has 27 heavy (non-hydrogen) atoms. The van der Waals surface area contributed by atoms with Crippen LogP contribution < -0.4 is 10.9 Å². The maximum Gasteiger partial charge on any atom is 0.341 e. The summed E-state index contributed by atoms with van der Waals surface area (Å²) in [6.45, 7) is 9.37. The Bertz CT molecular complexity index is 918. The van der Waals surface area contributed by atoms with Gasteiger partial charge in [-0.15, -0.1) is 11.3 Å². The highest BCUT2D eigenvalue weighted by molar-refractivity contribution is 7.99. The fourth-order valence-corrected chi connectivity index (χ4v) is 4.17. The molecule has 2 N–H and O–H groups in total. The minimum atomic E-state index is -0.445. The maximum absolute atomic E-state index is 12.3. The average molecular weight is 410 g/mol. The predicted molar refractivity (Wildman–Crippen MR) is 108 cm³/mol. The van der Waals surface area contributed by atoms with Gasteiger partial charge in [-0.3, -0.25) is 9.59 Å². The number of rotatable bonds is 7. The first kappa shape index (κ1) is 21.2.